The third-order valence-corrected chi connectivity index (χ3v) is 6.56. The molecule has 0 radical (unpaired) electrons. The molecule has 0 bridgehead atoms. The minimum absolute atomic E-state index is 0.0165. The van der Waals surface area contributed by atoms with Crippen molar-refractivity contribution in [3.8, 4) is 0 Å². The zero-order valence-electron chi connectivity index (χ0n) is 23.9. The van der Waals surface area contributed by atoms with Crippen molar-refractivity contribution in [2.24, 2.45) is 0 Å². The first-order valence-corrected chi connectivity index (χ1v) is 14.4. The van der Waals surface area contributed by atoms with E-state index in [0.29, 0.717) is 6.42 Å². The van der Waals surface area contributed by atoms with E-state index in [1.54, 1.807) is 7.05 Å². The first kappa shape index (κ1) is 36.4. The minimum atomic E-state index is -1.11. The van der Waals surface area contributed by atoms with E-state index in [2.05, 4.69) is 26.6 Å². The van der Waals surface area contributed by atoms with Gasteiger partial charge in [0.05, 0.1) is 6.04 Å². The lowest BCUT2D eigenvalue weighted by molar-refractivity contribution is -0.133. The van der Waals surface area contributed by atoms with Gasteiger partial charge in [0, 0.05) is 31.5 Å². The predicted molar refractivity (Wildman–Crippen MR) is 149 cm³/mol. The van der Waals surface area contributed by atoms with Crippen LogP contribution in [0.15, 0.2) is 0 Å². The Morgan fingerprint density at radius 1 is 0.641 bits per heavy atom. The van der Waals surface area contributed by atoms with Gasteiger partial charge in [-0.25, -0.2) is 0 Å². The molecule has 5 N–H and O–H groups in total. The molecule has 13 heteroatoms. The highest BCUT2D eigenvalue weighted by molar-refractivity contribution is 7.23. The van der Waals surface area contributed by atoms with E-state index >= 15 is 0 Å². The maximum atomic E-state index is 13.2. The Morgan fingerprint density at radius 2 is 1.15 bits per heavy atom. The fourth-order valence-electron chi connectivity index (χ4n) is 3.93. The second-order valence-electron chi connectivity index (χ2n) is 9.80. The zero-order chi connectivity index (χ0) is 29.8. The lowest BCUT2D eigenvalue weighted by Gasteiger charge is -2.26. The Bertz CT molecular complexity index is 840. The smallest absolute Gasteiger partial charge is 0.243 e. The topological polar surface area (TPSA) is 180 Å². The number of ketones is 3. The average Bonchev–Trinajstić information content (AvgIpc) is 2.86. The number of Topliss-reactive ketones (excluding diaryl/α,β-unsaturated/α-hetero) is 3. The summed E-state index contributed by atoms with van der Waals surface area (Å²) in [4.78, 5) is 74.3. The predicted octanol–water partition coefficient (Wildman–Crippen LogP) is 0.818. The highest BCUT2D eigenvalue weighted by Gasteiger charge is 2.30. The van der Waals surface area contributed by atoms with Gasteiger partial charge in [-0.3, -0.25) is 23.7 Å². The van der Waals surface area contributed by atoms with E-state index in [-0.39, 0.29) is 70.5 Å². The van der Waals surface area contributed by atoms with Gasteiger partial charge in [-0.05, 0) is 73.5 Å². The lowest BCUT2D eigenvalue weighted by atomic mass is 10.0. The van der Waals surface area contributed by atoms with Crippen LogP contribution < -0.4 is 26.6 Å². The molecule has 0 heterocycles. The third kappa shape index (κ3) is 17.6. The van der Waals surface area contributed by atoms with Crippen molar-refractivity contribution >= 4 is 43.5 Å². The van der Waals surface area contributed by atoms with Gasteiger partial charge in [-0.1, -0.05) is 6.42 Å². The van der Waals surface area contributed by atoms with Crippen LogP contribution in [0.2, 0.25) is 0 Å². The molecule has 0 saturated heterocycles. The summed E-state index contributed by atoms with van der Waals surface area (Å²) in [6, 6.07) is -3.31. The number of carbonyl (C=O) groups excluding carboxylic acids is 6. The van der Waals surface area contributed by atoms with Crippen LogP contribution in [0.3, 0.4) is 0 Å². The van der Waals surface area contributed by atoms with Gasteiger partial charge in [-0.2, -0.15) is 0 Å². The van der Waals surface area contributed by atoms with Crippen LogP contribution in [0.5, 0.6) is 0 Å². The molecule has 0 spiro atoms. The summed E-state index contributed by atoms with van der Waals surface area (Å²) in [5, 5.41) is 14.0. The molecule has 0 saturated carbocycles. The molecule has 0 aliphatic rings. The normalized spacial score (nSPS) is 14.1. The maximum absolute atomic E-state index is 13.2. The third-order valence-electron chi connectivity index (χ3n) is 6.12. The van der Waals surface area contributed by atoms with Gasteiger partial charge in [-0.15, -0.1) is 0 Å². The minimum Gasteiger partial charge on any atom is -0.351 e. The number of unbranched alkanes of at least 4 members (excludes halogenated alkanes) is 1. The summed E-state index contributed by atoms with van der Waals surface area (Å²) in [6.45, 7) is 5.00. The molecule has 0 rings (SSSR count). The molecule has 222 valence electrons. The van der Waals surface area contributed by atoms with E-state index in [1.165, 1.54) is 20.8 Å². The fourth-order valence-corrected chi connectivity index (χ4v) is 4.30. The van der Waals surface area contributed by atoms with Gasteiger partial charge >= 0.3 is 0 Å². The number of rotatable bonds is 23. The average molecular weight is 572 g/mol. The van der Waals surface area contributed by atoms with E-state index in [9.17, 15) is 33.3 Å². The summed E-state index contributed by atoms with van der Waals surface area (Å²) in [6.07, 6.45) is 2.99. The van der Waals surface area contributed by atoms with Gasteiger partial charge in [0.15, 0.2) is 8.46 Å². The van der Waals surface area contributed by atoms with Crippen molar-refractivity contribution in [3.63, 3.8) is 0 Å². The summed E-state index contributed by atoms with van der Waals surface area (Å²) in [7, 11) is 3.29. The van der Waals surface area contributed by atoms with Crippen molar-refractivity contribution in [2.75, 3.05) is 26.8 Å². The molecule has 4 unspecified atom stereocenters. The molecule has 0 aromatic rings. The van der Waals surface area contributed by atoms with Gasteiger partial charge in [0.2, 0.25) is 17.7 Å². The number of nitrogens with one attached hydrogen (secondary N) is 5. The Kier molecular flexibility index (Phi) is 19.9. The van der Waals surface area contributed by atoms with Gasteiger partial charge in [0.1, 0.15) is 29.4 Å². The van der Waals surface area contributed by atoms with Crippen molar-refractivity contribution in [1.29, 1.82) is 0 Å². The summed E-state index contributed by atoms with van der Waals surface area (Å²) in [5.41, 5.74) is 0. The Hall–Kier alpha value is -2.56. The van der Waals surface area contributed by atoms with Crippen molar-refractivity contribution in [1.82, 2.24) is 26.6 Å². The lowest BCUT2D eigenvalue weighted by Crippen LogP contribution is -2.57. The Balaban J connectivity index is 5.68. The van der Waals surface area contributed by atoms with Crippen LogP contribution in [-0.4, -0.2) is 86.0 Å². The number of hydrogen-bond acceptors (Lipinski definition) is 9. The molecule has 0 aliphatic carbocycles. The number of hydrogen-bond donors (Lipinski definition) is 5. The molecule has 0 aromatic carbocycles. The van der Waals surface area contributed by atoms with Crippen molar-refractivity contribution < 1.29 is 33.3 Å². The van der Waals surface area contributed by atoms with Crippen molar-refractivity contribution in [2.45, 2.75) is 103 Å². The molecular weight excluding hydrogens is 525 g/mol. The maximum Gasteiger partial charge on any atom is 0.243 e. The van der Waals surface area contributed by atoms with E-state index in [0.717, 1.165) is 19.4 Å². The fraction of sp³-hybridized carbons (Fsp3) is 0.769. The number of likely N-dealkylation sites (N-methyl/N-ethyl adjacent to an activating group) is 1. The first-order valence-electron chi connectivity index (χ1n) is 13.4. The quantitative estimate of drug-likeness (QED) is 0.0876. The SMILES string of the molecule is CNCCCCC(CC(C)=O)NC(=O)C(CCC(C)=O)NC(=O)C(CCC(C)=O)NC(=O)C(CCP=O)NC. The second-order valence-corrected chi connectivity index (χ2v) is 10.5. The van der Waals surface area contributed by atoms with Crippen LogP contribution in [0, 0.1) is 0 Å². The Labute approximate surface area is 233 Å². The number of carbonyl (C=O) groups is 6. The van der Waals surface area contributed by atoms with Crippen LogP contribution >= 0.6 is 8.46 Å². The highest BCUT2D eigenvalue weighted by atomic mass is 31.1. The first-order chi connectivity index (χ1) is 18.4. The monoisotopic (exact) mass is 571 g/mol. The largest absolute Gasteiger partial charge is 0.351 e. The van der Waals surface area contributed by atoms with Crippen LogP contribution in [0.25, 0.3) is 0 Å². The Morgan fingerprint density at radius 3 is 1.59 bits per heavy atom. The van der Waals surface area contributed by atoms with Crippen LogP contribution in [-0.2, 0) is 33.3 Å². The van der Waals surface area contributed by atoms with E-state index < -0.39 is 41.9 Å². The molecule has 4 atom stereocenters. The molecule has 0 aliphatic heterocycles. The molecule has 0 fully saturated rings. The van der Waals surface area contributed by atoms with Crippen LogP contribution in [0.4, 0.5) is 0 Å². The number of amides is 3. The molecule has 12 nitrogen and oxygen atoms in total. The van der Waals surface area contributed by atoms with Gasteiger partial charge < -0.3 is 36.2 Å². The second kappa shape index (κ2) is 21.3. The summed E-state index contributed by atoms with van der Waals surface area (Å²) in [5.74, 6) is -2.11. The zero-order valence-corrected chi connectivity index (χ0v) is 24.8. The molecule has 0 aromatic heterocycles. The molecule has 3 amide bonds. The van der Waals surface area contributed by atoms with Gasteiger partial charge in [0.25, 0.3) is 0 Å². The summed E-state index contributed by atoms with van der Waals surface area (Å²) < 4.78 is 10.8. The summed E-state index contributed by atoms with van der Waals surface area (Å²) >= 11 is 0. The highest BCUT2D eigenvalue weighted by Crippen LogP contribution is 2.09. The molecule has 39 heavy (non-hydrogen) atoms. The van der Waals surface area contributed by atoms with Crippen molar-refractivity contribution in [3.05, 3.63) is 0 Å². The van der Waals surface area contributed by atoms with E-state index in [1.807, 2.05) is 7.05 Å². The molecular formula is C26H46N5O7P. The van der Waals surface area contributed by atoms with E-state index in [4.69, 9.17) is 0 Å². The van der Waals surface area contributed by atoms with Crippen LogP contribution in [0.1, 0.15) is 78.6 Å². The standard InChI is InChI=1S/C26H46N5O7P/c1-17(32)9-11-22(25(36)29-20(16-19(3)34)8-6-7-14-27-4)31-26(37)23(12-10-18(2)33)30-24(35)21(28-5)13-15-39-38/h20-23,27-28H,6-16H2,1-5H3,(H,29,36)(H,30,35)(H,31,37).